The van der Waals surface area contributed by atoms with E-state index in [0.717, 1.165) is 12.0 Å². The molecule has 5 aromatic rings. The van der Waals surface area contributed by atoms with Crippen LogP contribution in [0.1, 0.15) is 81.8 Å². The van der Waals surface area contributed by atoms with Crippen molar-refractivity contribution in [3.63, 3.8) is 0 Å². The fourth-order valence-corrected chi connectivity index (χ4v) is 5.33. The van der Waals surface area contributed by atoms with Gasteiger partial charge in [0.25, 0.3) is 0 Å². The molecule has 1 heterocycles. The first-order chi connectivity index (χ1) is 19.3. The van der Waals surface area contributed by atoms with E-state index in [2.05, 4.69) is 134 Å². The zero-order valence-corrected chi connectivity index (χ0v) is 30.6. The molecule has 0 fully saturated rings. The molecule has 1 aromatic heterocycles. The molecular formula is C39H42Cl2OZr-2. The molecule has 6 rings (SSSR count). The molecule has 224 valence electrons. The normalized spacial score (nSPS) is 11.4. The number of benzene rings is 3. The fourth-order valence-electron chi connectivity index (χ4n) is 4.92. The second-order valence-electron chi connectivity index (χ2n) is 13.0. The fraction of sp³-hybridized carbons (Fsp3) is 0.282. The Morgan fingerprint density at radius 3 is 1.98 bits per heavy atom. The zero-order chi connectivity index (χ0) is 29.8. The molecular weight excluding hydrogens is 647 g/mol. The number of halogens is 2. The molecule has 0 aliphatic heterocycles. The predicted octanol–water partition coefficient (Wildman–Crippen LogP) is 4.41. The van der Waals surface area contributed by atoms with Crippen molar-refractivity contribution >= 4 is 3.21 Å². The summed E-state index contributed by atoms with van der Waals surface area (Å²) in [7, 11) is 0. The molecule has 1 aliphatic carbocycles. The first-order valence-electron chi connectivity index (χ1n) is 14.4. The van der Waals surface area contributed by atoms with Crippen molar-refractivity contribution in [2.24, 2.45) is 0 Å². The molecule has 43 heavy (non-hydrogen) atoms. The third-order valence-corrected chi connectivity index (χ3v) is 8.31. The Bertz CT molecular complexity index is 1540. The molecule has 0 saturated heterocycles. The number of fused-ring (bicyclic) bond motifs is 3. The summed E-state index contributed by atoms with van der Waals surface area (Å²) in [6, 6.07) is 33.8. The van der Waals surface area contributed by atoms with Gasteiger partial charge >= 0.3 is 70.3 Å². The van der Waals surface area contributed by atoms with E-state index in [4.69, 9.17) is 4.42 Å². The van der Waals surface area contributed by atoms with E-state index in [9.17, 15) is 0 Å². The largest absolute Gasteiger partial charge is 1.00 e. The van der Waals surface area contributed by atoms with Crippen molar-refractivity contribution in [2.45, 2.75) is 72.6 Å². The van der Waals surface area contributed by atoms with Gasteiger partial charge in [0.15, 0.2) is 0 Å². The van der Waals surface area contributed by atoms with Gasteiger partial charge in [-0.3, -0.25) is 0 Å². The Balaban J connectivity index is 0.000000247. The van der Waals surface area contributed by atoms with Crippen LogP contribution in [0.2, 0.25) is 0 Å². The van der Waals surface area contributed by atoms with Gasteiger partial charge in [-0.1, -0.05) is 100 Å². The third kappa shape index (κ3) is 9.55. The van der Waals surface area contributed by atoms with Gasteiger partial charge in [0.1, 0.15) is 0 Å². The maximum absolute atomic E-state index is 4.99. The van der Waals surface area contributed by atoms with Gasteiger partial charge in [-0.2, -0.15) is 35.4 Å². The predicted molar refractivity (Wildman–Crippen MR) is 172 cm³/mol. The van der Waals surface area contributed by atoms with E-state index in [0.29, 0.717) is 0 Å². The van der Waals surface area contributed by atoms with Crippen LogP contribution in [0, 0.1) is 13.0 Å². The first kappa shape index (κ1) is 36.8. The first-order valence-corrected chi connectivity index (χ1v) is 15.6. The second kappa shape index (κ2) is 15.6. The summed E-state index contributed by atoms with van der Waals surface area (Å²) < 4.78 is 6.45. The maximum Gasteiger partial charge on any atom is 0.0471 e. The van der Waals surface area contributed by atoms with Gasteiger partial charge < -0.3 is 29.2 Å². The molecule has 0 spiro atoms. The van der Waals surface area contributed by atoms with E-state index < -0.39 is 0 Å². The SMILES string of the molecule is CC(C)(C)c1c[c-]c2c(c1)-c1cc(C(C)(C)C)ccc1C2.C[C](=[Zr+2])c1ccccc1.Cc1ccc[c-]1-c1ccoc1.[Cl-].[Cl-]. The van der Waals surface area contributed by atoms with Crippen LogP contribution in [0.15, 0.2) is 102 Å². The van der Waals surface area contributed by atoms with Gasteiger partial charge in [-0.25, -0.2) is 0 Å². The molecule has 0 atom stereocenters. The maximum atomic E-state index is 4.99. The van der Waals surface area contributed by atoms with Crippen molar-refractivity contribution in [1.82, 2.24) is 0 Å². The quantitative estimate of drug-likeness (QED) is 0.246. The van der Waals surface area contributed by atoms with Crippen LogP contribution in [-0.2, 0) is 41.5 Å². The number of hydrogen-bond donors (Lipinski definition) is 0. The van der Waals surface area contributed by atoms with E-state index in [1.807, 2.05) is 12.1 Å². The molecule has 0 bridgehead atoms. The van der Waals surface area contributed by atoms with Crippen LogP contribution < -0.4 is 24.8 Å². The van der Waals surface area contributed by atoms with Crippen molar-refractivity contribution < 1.29 is 53.5 Å². The Labute approximate surface area is 286 Å². The molecule has 0 unspecified atom stereocenters. The molecule has 1 nitrogen and oxygen atoms in total. The Hall–Kier alpha value is -2.38. The summed E-state index contributed by atoms with van der Waals surface area (Å²) in [4.78, 5) is 0. The second-order valence-corrected chi connectivity index (χ2v) is 14.8. The van der Waals surface area contributed by atoms with Crippen molar-refractivity contribution in [2.75, 3.05) is 0 Å². The van der Waals surface area contributed by atoms with E-state index in [1.165, 1.54) is 77.5 Å². The Kier molecular flexibility index (Phi) is 13.3. The summed E-state index contributed by atoms with van der Waals surface area (Å²) in [5.74, 6) is 0. The Morgan fingerprint density at radius 2 is 1.47 bits per heavy atom. The van der Waals surface area contributed by atoms with Crippen LogP contribution in [-0.4, -0.2) is 3.21 Å². The van der Waals surface area contributed by atoms with Crippen molar-refractivity contribution in [1.29, 1.82) is 0 Å². The minimum Gasteiger partial charge on any atom is -1.00 e. The standard InChI is InChI=1S/C21H25.C10H9O.C8H8.2ClH.Zr/c1-20(2,3)16-9-7-14-11-15-8-10-17(21(4,5)6)13-19(15)18(14)12-16;1-8-3-2-4-10(8)9-5-6-11-7-9;1-2-8-6-4-3-5-7-8;;;/h7,9-10,12-13H,11H2,1-6H3;2-7H,1H3;3-7H,1H3;2*1H;/q2*-1;;;;+2/p-2. The molecule has 0 amide bonds. The Morgan fingerprint density at radius 1 is 0.814 bits per heavy atom. The van der Waals surface area contributed by atoms with E-state index in [1.54, 1.807) is 12.5 Å². The van der Waals surface area contributed by atoms with Crippen LogP contribution in [0.3, 0.4) is 0 Å². The molecule has 1 aliphatic rings. The smallest absolute Gasteiger partial charge is 0.0471 e. The van der Waals surface area contributed by atoms with Gasteiger partial charge in [-0.15, -0.1) is 23.3 Å². The molecule has 0 N–H and O–H groups in total. The van der Waals surface area contributed by atoms with Gasteiger partial charge in [0.05, 0.1) is 0 Å². The van der Waals surface area contributed by atoms with Crippen LogP contribution in [0.5, 0.6) is 0 Å². The molecule has 0 saturated carbocycles. The minimum atomic E-state index is 0. The topological polar surface area (TPSA) is 13.1 Å². The molecule has 0 radical (unpaired) electrons. The summed E-state index contributed by atoms with van der Waals surface area (Å²) >= 11 is 1.51. The zero-order valence-electron chi connectivity index (χ0n) is 26.6. The summed E-state index contributed by atoms with van der Waals surface area (Å²) in [6.45, 7) is 17.9. The minimum absolute atomic E-state index is 0. The van der Waals surface area contributed by atoms with E-state index >= 15 is 0 Å². The average Bonchev–Trinajstić information content (AvgIpc) is 3.68. The summed E-state index contributed by atoms with van der Waals surface area (Å²) in [5, 5.41) is 0. The van der Waals surface area contributed by atoms with Gasteiger partial charge in [0, 0.05) is 12.5 Å². The summed E-state index contributed by atoms with van der Waals surface area (Å²) in [5.41, 5.74) is 13.9. The summed E-state index contributed by atoms with van der Waals surface area (Å²) in [6.07, 6.45) is 4.49. The number of rotatable bonds is 2. The van der Waals surface area contributed by atoms with Crippen molar-refractivity contribution in [3.05, 3.63) is 137 Å². The van der Waals surface area contributed by atoms with E-state index in [-0.39, 0.29) is 35.6 Å². The number of hydrogen-bond acceptors (Lipinski definition) is 1. The van der Waals surface area contributed by atoms with Gasteiger partial charge in [-0.05, 0) is 17.4 Å². The third-order valence-electron chi connectivity index (χ3n) is 7.60. The van der Waals surface area contributed by atoms with Gasteiger partial charge in [0.2, 0.25) is 0 Å². The average molecular weight is 689 g/mol. The van der Waals surface area contributed by atoms with Crippen LogP contribution >= 0.6 is 0 Å². The number of furan rings is 1. The van der Waals surface area contributed by atoms with Crippen molar-refractivity contribution in [3.8, 4) is 22.3 Å². The van der Waals surface area contributed by atoms with Crippen LogP contribution in [0.4, 0.5) is 0 Å². The monoisotopic (exact) mass is 686 g/mol. The number of aryl methyl sites for hydroxylation is 1. The molecule has 4 heteroatoms. The molecule has 4 aromatic carbocycles. The van der Waals surface area contributed by atoms with Crippen LogP contribution in [0.25, 0.3) is 22.3 Å².